The lowest BCUT2D eigenvalue weighted by Crippen LogP contribution is -2.27. The highest BCUT2D eigenvalue weighted by molar-refractivity contribution is 4.65. The highest BCUT2D eigenvalue weighted by Gasteiger charge is 2.12. The van der Waals surface area contributed by atoms with E-state index >= 15 is 0 Å². The fourth-order valence-corrected chi connectivity index (χ4v) is 2.00. The quantitative estimate of drug-likeness (QED) is 0.639. The minimum atomic E-state index is -0.101. The van der Waals surface area contributed by atoms with Crippen molar-refractivity contribution in [2.24, 2.45) is 5.92 Å². The van der Waals surface area contributed by atoms with Crippen LogP contribution in [-0.4, -0.2) is 35.7 Å². The summed E-state index contributed by atoms with van der Waals surface area (Å²) >= 11 is 0. The van der Waals surface area contributed by atoms with Crippen molar-refractivity contribution >= 4 is 0 Å². The molecule has 0 saturated heterocycles. The van der Waals surface area contributed by atoms with Crippen LogP contribution in [-0.2, 0) is 0 Å². The molecular formula is C13H29NO. The van der Waals surface area contributed by atoms with Crippen molar-refractivity contribution < 1.29 is 5.11 Å². The highest BCUT2D eigenvalue weighted by Crippen LogP contribution is 2.16. The summed E-state index contributed by atoms with van der Waals surface area (Å²) < 4.78 is 0. The van der Waals surface area contributed by atoms with Gasteiger partial charge in [0.1, 0.15) is 0 Å². The molecular weight excluding hydrogens is 186 g/mol. The number of hydrogen-bond donors (Lipinski definition) is 1. The van der Waals surface area contributed by atoms with E-state index in [9.17, 15) is 5.11 Å². The third kappa shape index (κ3) is 6.91. The van der Waals surface area contributed by atoms with Crippen LogP contribution in [0.4, 0.5) is 0 Å². The van der Waals surface area contributed by atoms with E-state index in [1.54, 1.807) is 0 Å². The topological polar surface area (TPSA) is 23.5 Å². The first-order valence-electron chi connectivity index (χ1n) is 6.58. The number of nitrogens with zero attached hydrogens (tertiary/aromatic N) is 1. The van der Waals surface area contributed by atoms with E-state index in [1.165, 1.54) is 12.8 Å². The minimum absolute atomic E-state index is 0.101. The molecule has 0 spiro atoms. The van der Waals surface area contributed by atoms with E-state index in [0.29, 0.717) is 5.92 Å². The standard InChI is InChI=1S/C13H29NO/c1-5-12(6-2)11-13(15)9-10-14(7-3)8-4/h12-13,15H,5-11H2,1-4H3. The van der Waals surface area contributed by atoms with Crippen molar-refractivity contribution in [2.75, 3.05) is 19.6 Å². The van der Waals surface area contributed by atoms with Crippen molar-refractivity contribution in [3.63, 3.8) is 0 Å². The molecule has 0 aromatic rings. The Morgan fingerprint density at radius 1 is 1.00 bits per heavy atom. The average Bonchev–Trinajstić information content (AvgIpc) is 2.27. The van der Waals surface area contributed by atoms with E-state index in [0.717, 1.165) is 32.5 Å². The molecule has 0 aliphatic carbocycles. The van der Waals surface area contributed by atoms with Crippen LogP contribution in [0.2, 0.25) is 0 Å². The lowest BCUT2D eigenvalue weighted by atomic mass is 9.95. The highest BCUT2D eigenvalue weighted by atomic mass is 16.3. The van der Waals surface area contributed by atoms with Gasteiger partial charge in [-0.25, -0.2) is 0 Å². The first-order chi connectivity index (χ1) is 7.17. The first kappa shape index (κ1) is 14.9. The number of aliphatic hydroxyl groups excluding tert-OH is 1. The molecule has 0 saturated carbocycles. The fourth-order valence-electron chi connectivity index (χ4n) is 2.00. The second-order valence-electron chi connectivity index (χ2n) is 4.39. The Bertz CT molecular complexity index is 130. The van der Waals surface area contributed by atoms with Gasteiger partial charge >= 0.3 is 0 Å². The van der Waals surface area contributed by atoms with Gasteiger partial charge in [0, 0.05) is 6.54 Å². The summed E-state index contributed by atoms with van der Waals surface area (Å²) in [7, 11) is 0. The van der Waals surface area contributed by atoms with Crippen LogP contribution in [0.3, 0.4) is 0 Å². The van der Waals surface area contributed by atoms with Crippen LogP contribution in [0.15, 0.2) is 0 Å². The van der Waals surface area contributed by atoms with Crippen molar-refractivity contribution in [1.29, 1.82) is 0 Å². The SMILES string of the molecule is CCC(CC)CC(O)CCN(CC)CC. The Balaban J connectivity index is 3.67. The summed E-state index contributed by atoms with van der Waals surface area (Å²) in [6.07, 6.45) is 4.19. The Hall–Kier alpha value is -0.0800. The first-order valence-corrected chi connectivity index (χ1v) is 6.58. The van der Waals surface area contributed by atoms with E-state index < -0.39 is 0 Å². The molecule has 1 N–H and O–H groups in total. The molecule has 0 bridgehead atoms. The van der Waals surface area contributed by atoms with E-state index in [2.05, 4.69) is 32.6 Å². The fraction of sp³-hybridized carbons (Fsp3) is 1.00. The van der Waals surface area contributed by atoms with Crippen LogP contribution in [0, 0.1) is 5.92 Å². The third-order valence-corrected chi connectivity index (χ3v) is 3.43. The van der Waals surface area contributed by atoms with Gasteiger partial charge in [0.05, 0.1) is 6.10 Å². The van der Waals surface area contributed by atoms with Crippen LogP contribution < -0.4 is 0 Å². The summed E-state index contributed by atoms with van der Waals surface area (Å²) in [5, 5.41) is 9.90. The predicted octanol–water partition coefficient (Wildman–Crippen LogP) is 2.91. The van der Waals surface area contributed by atoms with Gasteiger partial charge in [0.2, 0.25) is 0 Å². The van der Waals surface area contributed by atoms with Gasteiger partial charge in [-0.15, -0.1) is 0 Å². The van der Waals surface area contributed by atoms with Crippen LogP contribution in [0.1, 0.15) is 53.4 Å². The second kappa shape index (κ2) is 9.17. The molecule has 0 heterocycles. The zero-order chi connectivity index (χ0) is 11.7. The van der Waals surface area contributed by atoms with Gasteiger partial charge in [-0.05, 0) is 31.8 Å². The maximum atomic E-state index is 9.90. The number of aliphatic hydroxyl groups is 1. The second-order valence-corrected chi connectivity index (χ2v) is 4.39. The molecule has 2 heteroatoms. The Labute approximate surface area is 95.7 Å². The van der Waals surface area contributed by atoms with Gasteiger partial charge in [-0.1, -0.05) is 40.5 Å². The smallest absolute Gasteiger partial charge is 0.0555 e. The molecule has 1 unspecified atom stereocenters. The van der Waals surface area contributed by atoms with Crippen molar-refractivity contribution in [3.8, 4) is 0 Å². The molecule has 15 heavy (non-hydrogen) atoms. The zero-order valence-corrected chi connectivity index (χ0v) is 11.0. The van der Waals surface area contributed by atoms with E-state index in [4.69, 9.17) is 0 Å². The normalized spacial score (nSPS) is 13.8. The van der Waals surface area contributed by atoms with Gasteiger partial charge < -0.3 is 10.0 Å². The Morgan fingerprint density at radius 2 is 1.53 bits per heavy atom. The van der Waals surface area contributed by atoms with Gasteiger partial charge in [0.25, 0.3) is 0 Å². The molecule has 1 atom stereocenters. The molecule has 0 aliphatic rings. The summed E-state index contributed by atoms with van der Waals surface area (Å²) in [4.78, 5) is 2.37. The molecule has 92 valence electrons. The lowest BCUT2D eigenvalue weighted by molar-refractivity contribution is 0.115. The van der Waals surface area contributed by atoms with Crippen molar-refractivity contribution in [1.82, 2.24) is 4.90 Å². The van der Waals surface area contributed by atoms with Gasteiger partial charge in [-0.3, -0.25) is 0 Å². The number of hydrogen-bond acceptors (Lipinski definition) is 2. The molecule has 0 aliphatic heterocycles. The molecule has 0 aromatic carbocycles. The van der Waals surface area contributed by atoms with Gasteiger partial charge in [0.15, 0.2) is 0 Å². The molecule has 0 fully saturated rings. The molecule has 0 rings (SSSR count). The molecule has 0 radical (unpaired) electrons. The Kier molecular flexibility index (Phi) is 9.12. The monoisotopic (exact) mass is 215 g/mol. The summed E-state index contributed by atoms with van der Waals surface area (Å²) in [6, 6.07) is 0. The predicted molar refractivity (Wildman–Crippen MR) is 67.1 cm³/mol. The summed E-state index contributed by atoms with van der Waals surface area (Å²) in [6.45, 7) is 12.0. The molecule has 2 nitrogen and oxygen atoms in total. The van der Waals surface area contributed by atoms with E-state index in [1.807, 2.05) is 0 Å². The maximum absolute atomic E-state index is 9.90. The van der Waals surface area contributed by atoms with Gasteiger partial charge in [-0.2, -0.15) is 0 Å². The van der Waals surface area contributed by atoms with Crippen molar-refractivity contribution in [2.45, 2.75) is 59.5 Å². The van der Waals surface area contributed by atoms with Crippen LogP contribution in [0.25, 0.3) is 0 Å². The molecule has 0 aromatic heterocycles. The van der Waals surface area contributed by atoms with Crippen LogP contribution >= 0.6 is 0 Å². The molecule has 0 amide bonds. The summed E-state index contributed by atoms with van der Waals surface area (Å²) in [5.41, 5.74) is 0. The summed E-state index contributed by atoms with van der Waals surface area (Å²) in [5.74, 6) is 0.705. The average molecular weight is 215 g/mol. The number of rotatable bonds is 9. The third-order valence-electron chi connectivity index (χ3n) is 3.43. The zero-order valence-electron chi connectivity index (χ0n) is 11.0. The van der Waals surface area contributed by atoms with Crippen LogP contribution in [0.5, 0.6) is 0 Å². The Morgan fingerprint density at radius 3 is 1.93 bits per heavy atom. The minimum Gasteiger partial charge on any atom is -0.393 e. The maximum Gasteiger partial charge on any atom is 0.0555 e. The largest absolute Gasteiger partial charge is 0.393 e. The lowest BCUT2D eigenvalue weighted by Gasteiger charge is -2.22. The van der Waals surface area contributed by atoms with Crippen molar-refractivity contribution in [3.05, 3.63) is 0 Å². The van der Waals surface area contributed by atoms with E-state index in [-0.39, 0.29) is 6.10 Å².